The van der Waals surface area contributed by atoms with Crippen molar-refractivity contribution in [3.63, 3.8) is 0 Å². The second-order valence-electron chi connectivity index (χ2n) is 7.29. The Bertz CT molecular complexity index is 1080. The lowest BCUT2D eigenvalue weighted by molar-refractivity contribution is -0.213. The van der Waals surface area contributed by atoms with Crippen LogP contribution in [0.25, 0.3) is 0 Å². The molecule has 3 aromatic rings. The van der Waals surface area contributed by atoms with Gasteiger partial charge in [0.05, 0.1) is 25.2 Å². The molecule has 0 aliphatic carbocycles. The largest absolute Gasteiger partial charge is 0.493 e. The summed E-state index contributed by atoms with van der Waals surface area (Å²) in [5, 5.41) is 0.644. The second kappa shape index (κ2) is 11.7. The van der Waals surface area contributed by atoms with E-state index in [9.17, 15) is 18.0 Å². The van der Waals surface area contributed by atoms with Crippen molar-refractivity contribution in [1.82, 2.24) is 0 Å². The molecule has 0 unspecified atom stereocenters. The van der Waals surface area contributed by atoms with Gasteiger partial charge in [0.15, 0.2) is 5.75 Å². The summed E-state index contributed by atoms with van der Waals surface area (Å²) >= 11 is 5.83. The van der Waals surface area contributed by atoms with E-state index in [0.29, 0.717) is 36.0 Å². The van der Waals surface area contributed by atoms with Crippen LogP contribution in [0.4, 0.5) is 13.2 Å². The summed E-state index contributed by atoms with van der Waals surface area (Å²) in [6, 6.07) is 17.3. The highest BCUT2D eigenvalue weighted by Gasteiger charge is 2.33. The van der Waals surface area contributed by atoms with Crippen LogP contribution >= 0.6 is 11.6 Å². The molecular weight excluding hydrogens is 473 g/mol. The molecule has 0 fully saturated rings. The van der Waals surface area contributed by atoms with E-state index in [0.717, 1.165) is 11.8 Å². The molecule has 5 nitrogen and oxygen atoms in total. The van der Waals surface area contributed by atoms with Gasteiger partial charge in [0.1, 0.15) is 11.5 Å². The Labute approximate surface area is 199 Å². The molecule has 0 aliphatic rings. The summed E-state index contributed by atoms with van der Waals surface area (Å²) in [6.07, 6.45) is -3.97. The van der Waals surface area contributed by atoms with Crippen LogP contribution in [0.1, 0.15) is 23.1 Å². The molecule has 3 rings (SSSR count). The van der Waals surface area contributed by atoms with Gasteiger partial charge in [0.25, 0.3) is 0 Å². The van der Waals surface area contributed by atoms with E-state index in [4.69, 9.17) is 26.0 Å². The Kier molecular flexibility index (Phi) is 8.65. The normalized spacial score (nSPS) is 11.1. The maximum Gasteiger partial charge on any atom is 0.416 e. The highest BCUT2D eigenvalue weighted by Crippen LogP contribution is 2.35. The molecule has 0 N–H and O–H groups in total. The van der Waals surface area contributed by atoms with Crippen LogP contribution in [0.5, 0.6) is 17.2 Å². The lowest BCUT2D eigenvalue weighted by Crippen LogP contribution is -2.13. The predicted octanol–water partition coefficient (Wildman–Crippen LogP) is 6.59. The third-order valence-electron chi connectivity index (χ3n) is 4.73. The molecule has 34 heavy (non-hydrogen) atoms. The maximum absolute atomic E-state index is 13.0. The fraction of sp³-hybridized carbons (Fsp3) is 0.240. The zero-order chi connectivity index (χ0) is 24.6. The van der Waals surface area contributed by atoms with Crippen LogP contribution in [-0.2, 0) is 22.3 Å². The summed E-state index contributed by atoms with van der Waals surface area (Å²) in [4.78, 5) is 21.6. The van der Waals surface area contributed by atoms with Crippen molar-refractivity contribution < 1.29 is 37.2 Å². The van der Waals surface area contributed by atoms with E-state index >= 15 is 0 Å². The molecule has 180 valence electrons. The van der Waals surface area contributed by atoms with Gasteiger partial charge in [0, 0.05) is 17.0 Å². The monoisotopic (exact) mass is 494 g/mol. The van der Waals surface area contributed by atoms with Gasteiger partial charge in [-0.2, -0.15) is 13.2 Å². The molecule has 0 saturated carbocycles. The number of alkyl halides is 3. The van der Waals surface area contributed by atoms with E-state index in [-0.39, 0.29) is 17.7 Å². The Morgan fingerprint density at radius 2 is 1.47 bits per heavy atom. The minimum absolute atomic E-state index is 0.118. The van der Waals surface area contributed by atoms with Crippen LogP contribution < -0.4 is 14.4 Å². The molecule has 0 atom stereocenters. The topological polar surface area (TPSA) is 54.0 Å². The minimum atomic E-state index is -4.53. The number of hydrogen-bond donors (Lipinski definition) is 0. The molecule has 0 radical (unpaired) electrons. The highest BCUT2D eigenvalue weighted by molar-refractivity contribution is 6.30. The van der Waals surface area contributed by atoms with Gasteiger partial charge in [-0.3, -0.25) is 9.78 Å². The van der Waals surface area contributed by atoms with Crippen LogP contribution in [0, 0.1) is 6.92 Å². The number of hydrogen-bond acceptors (Lipinski definition) is 5. The van der Waals surface area contributed by atoms with Gasteiger partial charge in [-0.25, -0.2) is 4.79 Å². The molecule has 0 aliphatic heterocycles. The minimum Gasteiger partial charge on any atom is -0.493 e. The zero-order valence-electron chi connectivity index (χ0n) is 18.2. The van der Waals surface area contributed by atoms with E-state index in [2.05, 4.69) is 4.89 Å². The van der Waals surface area contributed by atoms with Crippen molar-refractivity contribution in [2.24, 2.45) is 0 Å². The van der Waals surface area contributed by atoms with Gasteiger partial charge < -0.3 is 9.47 Å². The van der Waals surface area contributed by atoms with Crippen molar-refractivity contribution in [3.8, 4) is 17.2 Å². The molecule has 0 saturated heterocycles. The lowest BCUT2D eigenvalue weighted by Gasteiger charge is -2.13. The molecule has 9 heteroatoms. The third kappa shape index (κ3) is 7.59. The average Bonchev–Trinajstić information content (AvgIpc) is 2.80. The predicted molar refractivity (Wildman–Crippen MR) is 120 cm³/mol. The van der Waals surface area contributed by atoms with Crippen LogP contribution in [0.3, 0.4) is 0 Å². The first-order valence-electron chi connectivity index (χ1n) is 10.4. The third-order valence-corrected chi connectivity index (χ3v) is 4.98. The van der Waals surface area contributed by atoms with Crippen molar-refractivity contribution in [2.75, 3.05) is 13.2 Å². The number of rotatable bonds is 10. The van der Waals surface area contributed by atoms with Crippen molar-refractivity contribution >= 4 is 17.6 Å². The van der Waals surface area contributed by atoms with E-state index < -0.39 is 17.7 Å². The van der Waals surface area contributed by atoms with Crippen molar-refractivity contribution in [1.29, 1.82) is 0 Å². The first kappa shape index (κ1) is 25.2. The number of benzene rings is 3. The van der Waals surface area contributed by atoms with Crippen molar-refractivity contribution in [3.05, 3.63) is 88.4 Å². The summed E-state index contributed by atoms with van der Waals surface area (Å²) in [5.74, 6) is 0.434. The first-order chi connectivity index (χ1) is 16.2. The van der Waals surface area contributed by atoms with Gasteiger partial charge in [-0.15, -0.1) is 0 Å². The standard InChI is InChI=1S/C25H22ClF3O5/c1-17-22(25(27,28)29)4-2-5-23(17)33-34-24(30)16-18-6-10-20(11-7-18)31-14-3-15-32-21-12-8-19(26)9-13-21/h2,4-13H,3,14-16H2,1H3. The van der Waals surface area contributed by atoms with E-state index in [1.807, 2.05) is 0 Å². The van der Waals surface area contributed by atoms with Crippen molar-refractivity contribution in [2.45, 2.75) is 25.9 Å². The zero-order valence-corrected chi connectivity index (χ0v) is 19.0. The quantitative estimate of drug-likeness (QED) is 0.181. The number of halogens is 4. The Hall–Kier alpha value is -3.39. The number of ether oxygens (including phenoxy) is 2. The number of carbonyl (C=O) groups is 1. The number of carbonyl (C=O) groups excluding carboxylic acids is 1. The maximum atomic E-state index is 13.0. The smallest absolute Gasteiger partial charge is 0.416 e. The van der Waals surface area contributed by atoms with E-state index in [1.54, 1.807) is 48.5 Å². The summed E-state index contributed by atoms with van der Waals surface area (Å²) in [5.41, 5.74) is -0.385. The fourth-order valence-corrected chi connectivity index (χ4v) is 3.10. The Balaban J connectivity index is 1.39. The van der Waals surface area contributed by atoms with Gasteiger partial charge in [0.2, 0.25) is 0 Å². The van der Waals surface area contributed by atoms with Gasteiger partial charge in [-0.05, 0) is 61.0 Å². The highest BCUT2D eigenvalue weighted by atomic mass is 35.5. The molecule has 3 aromatic carbocycles. The first-order valence-corrected chi connectivity index (χ1v) is 10.7. The summed E-state index contributed by atoms with van der Waals surface area (Å²) < 4.78 is 50.1. The van der Waals surface area contributed by atoms with Gasteiger partial charge >= 0.3 is 12.1 Å². The average molecular weight is 495 g/mol. The van der Waals surface area contributed by atoms with Gasteiger partial charge in [-0.1, -0.05) is 29.8 Å². The SMILES string of the molecule is Cc1c(OOC(=O)Cc2ccc(OCCCOc3ccc(Cl)cc3)cc2)cccc1C(F)(F)F. The molecule has 0 aromatic heterocycles. The molecule has 0 bridgehead atoms. The molecule has 0 amide bonds. The Morgan fingerprint density at radius 1 is 0.882 bits per heavy atom. The fourth-order valence-electron chi connectivity index (χ4n) is 2.97. The van der Waals surface area contributed by atoms with Crippen LogP contribution in [-0.4, -0.2) is 19.2 Å². The molecule has 0 spiro atoms. The molecule has 0 heterocycles. The molecular formula is C25H22ClF3O5. The van der Waals surface area contributed by atoms with E-state index in [1.165, 1.54) is 19.1 Å². The summed E-state index contributed by atoms with van der Waals surface area (Å²) in [6.45, 7) is 2.17. The van der Waals surface area contributed by atoms with Crippen LogP contribution in [0.15, 0.2) is 66.7 Å². The summed E-state index contributed by atoms with van der Waals surface area (Å²) in [7, 11) is 0. The second-order valence-corrected chi connectivity index (χ2v) is 7.73. The lowest BCUT2D eigenvalue weighted by atomic mass is 10.1. The van der Waals surface area contributed by atoms with Crippen LogP contribution in [0.2, 0.25) is 5.02 Å². The Morgan fingerprint density at radius 3 is 2.06 bits per heavy atom.